The van der Waals surface area contributed by atoms with Gasteiger partial charge in [-0.1, -0.05) is 131 Å². The number of rotatable bonds is 18. The number of aliphatic hydroxyl groups excluding tert-OH is 1. The van der Waals surface area contributed by atoms with Crippen LogP contribution in [0.3, 0.4) is 0 Å². The van der Waals surface area contributed by atoms with E-state index >= 15 is 0 Å². The lowest BCUT2D eigenvalue weighted by Crippen LogP contribution is -2.57. The summed E-state index contributed by atoms with van der Waals surface area (Å²) in [5.74, 6) is 5.35. The molecule has 67 heavy (non-hydrogen) atoms. The molecule has 1 fully saturated rings. The van der Waals surface area contributed by atoms with Gasteiger partial charge in [0.25, 0.3) is 0 Å². The van der Waals surface area contributed by atoms with Gasteiger partial charge in [-0.15, -0.1) is 17.3 Å². The van der Waals surface area contributed by atoms with Gasteiger partial charge in [0.2, 0.25) is 23.6 Å². The first-order valence-corrected chi connectivity index (χ1v) is 23.9. The molecule has 1 aliphatic heterocycles. The maximum absolute atomic E-state index is 14.0. The number of likely N-dealkylation sites (tertiary alicyclic amines) is 1. The fourth-order valence-corrected chi connectivity index (χ4v) is 8.98. The third-order valence-corrected chi connectivity index (χ3v) is 12.9. The molecule has 0 saturated carbocycles. The number of aryl methyl sites for hydroxylation is 1. The third kappa shape index (κ3) is 13.8. The number of nitrogens with one attached hydrogen (secondary N) is 2. The van der Waals surface area contributed by atoms with E-state index in [9.17, 15) is 24.3 Å². The van der Waals surface area contributed by atoms with Crippen molar-refractivity contribution in [2.75, 3.05) is 26.7 Å². The standard InChI is InChI=1S/C55H63N5O6S/c1-7-46(40-18-12-10-13-19-40)50(41-20-14-11-15-21-41)42-28-30-45(31-29-42)66-33-32-59(6)49(63)23-17-9-8-16-22-48(62)58-52(55(3,4)5)54(65)60-36-44(61)34-47(60)53(64)56-35-39-24-26-43(27-25-39)51-38(2)57-37-67-51/h10-15,18-21,24-31,37,44,47,52,61H,7,9,17,22-23,32-36H2,1-6H3,(H,56,64)(H,58,62)/b50-46-/t44-,47+,52-/m1/s1. The summed E-state index contributed by atoms with van der Waals surface area (Å²) in [6, 6.07) is 35.1. The molecule has 4 aromatic carbocycles. The number of unbranched alkanes of at least 4 members (excludes halogenated alkanes) is 1. The van der Waals surface area contributed by atoms with Gasteiger partial charge in [0, 0.05) is 39.4 Å². The third-order valence-electron chi connectivity index (χ3n) is 11.9. The molecular weight excluding hydrogens is 859 g/mol. The molecule has 12 heteroatoms. The van der Waals surface area contributed by atoms with Crippen LogP contribution in [-0.2, 0) is 25.7 Å². The van der Waals surface area contributed by atoms with Gasteiger partial charge in [-0.25, -0.2) is 4.98 Å². The molecular formula is C55H63N5O6S. The van der Waals surface area contributed by atoms with Gasteiger partial charge < -0.3 is 30.3 Å². The second-order valence-electron chi connectivity index (χ2n) is 18.0. The van der Waals surface area contributed by atoms with Crippen molar-refractivity contribution >= 4 is 46.1 Å². The maximum Gasteiger partial charge on any atom is 0.246 e. The molecule has 5 aromatic rings. The summed E-state index contributed by atoms with van der Waals surface area (Å²) in [6.45, 7) is 10.7. The average molecular weight is 922 g/mol. The quantitative estimate of drug-likeness (QED) is 0.0454. The molecule has 11 nitrogen and oxygen atoms in total. The number of hydrogen-bond acceptors (Lipinski definition) is 8. The molecule has 1 aromatic heterocycles. The molecule has 3 atom stereocenters. The van der Waals surface area contributed by atoms with Gasteiger partial charge in [-0.3, -0.25) is 19.2 Å². The fraction of sp³-hybridized carbons (Fsp3) is 0.364. The number of nitrogens with zero attached hydrogens (tertiary/aromatic N) is 3. The lowest BCUT2D eigenvalue weighted by atomic mass is 9.85. The van der Waals surface area contributed by atoms with Crippen molar-refractivity contribution in [2.45, 2.75) is 97.9 Å². The van der Waals surface area contributed by atoms with Crippen molar-refractivity contribution in [3.8, 4) is 28.0 Å². The first-order chi connectivity index (χ1) is 32.2. The SMILES string of the molecule is CC/C(=C(\c1ccccc1)c1ccc(OCCN(C)C(=O)CCCC#CCC(=O)N[C@H](C(=O)N2C[C@H](O)C[C@H]2C(=O)NCc2ccc(-c3scnc3C)cc2)C(C)(C)C)cc1)c1ccccc1. The lowest BCUT2D eigenvalue weighted by molar-refractivity contribution is -0.143. The van der Waals surface area contributed by atoms with Crippen molar-refractivity contribution in [1.82, 2.24) is 25.4 Å². The molecule has 0 radical (unpaired) electrons. The van der Waals surface area contributed by atoms with Crippen molar-refractivity contribution in [3.63, 3.8) is 0 Å². The maximum atomic E-state index is 14.0. The monoisotopic (exact) mass is 921 g/mol. The summed E-state index contributed by atoms with van der Waals surface area (Å²) >= 11 is 1.57. The first kappa shape index (κ1) is 49.9. The summed E-state index contributed by atoms with van der Waals surface area (Å²) in [4.78, 5) is 61.9. The Kier molecular flexibility index (Phi) is 17.7. The van der Waals surface area contributed by atoms with Gasteiger partial charge in [0.1, 0.15) is 24.4 Å². The minimum atomic E-state index is -0.953. The summed E-state index contributed by atoms with van der Waals surface area (Å²) in [5, 5.41) is 16.4. The van der Waals surface area contributed by atoms with Gasteiger partial charge in [0.15, 0.2) is 0 Å². The zero-order chi connectivity index (χ0) is 47.9. The minimum Gasteiger partial charge on any atom is -0.492 e. The van der Waals surface area contributed by atoms with E-state index < -0.39 is 35.4 Å². The van der Waals surface area contributed by atoms with E-state index in [2.05, 4.69) is 95.0 Å². The second kappa shape index (κ2) is 23.8. The molecule has 0 unspecified atom stereocenters. The van der Waals surface area contributed by atoms with Crippen LogP contribution in [-0.4, -0.2) is 88.5 Å². The highest BCUT2D eigenvalue weighted by Gasteiger charge is 2.44. The first-order valence-electron chi connectivity index (χ1n) is 23.0. The number of likely N-dealkylation sites (N-methyl/N-ethyl adjacent to an activating group) is 1. The van der Waals surface area contributed by atoms with Crippen LogP contribution in [0.15, 0.2) is 115 Å². The second-order valence-corrected chi connectivity index (χ2v) is 18.8. The van der Waals surface area contributed by atoms with Crippen LogP contribution in [0, 0.1) is 24.2 Å². The van der Waals surface area contributed by atoms with E-state index in [4.69, 9.17) is 4.74 Å². The zero-order valence-electron chi connectivity index (χ0n) is 39.5. The smallest absolute Gasteiger partial charge is 0.246 e. The predicted molar refractivity (Wildman–Crippen MR) is 267 cm³/mol. The molecule has 6 rings (SSSR count). The highest BCUT2D eigenvalue weighted by Crippen LogP contribution is 2.35. The Bertz CT molecular complexity index is 2540. The summed E-state index contributed by atoms with van der Waals surface area (Å²) in [7, 11) is 1.76. The number of carbonyl (C=O) groups is 4. The van der Waals surface area contributed by atoms with E-state index in [1.165, 1.54) is 21.6 Å². The summed E-state index contributed by atoms with van der Waals surface area (Å²) in [5.41, 5.74) is 9.95. The number of aliphatic hydroxyl groups is 1. The van der Waals surface area contributed by atoms with Gasteiger partial charge in [0.05, 0.1) is 35.2 Å². The molecule has 0 spiro atoms. The molecule has 1 saturated heterocycles. The number of carbonyl (C=O) groups excluding carboxylic acids is 4. The number of amides is 4. The number of thiazole rings is 1. The van der Waals surface area contributed by atoms with E-state index in [1.54, 1.807) is 23.3 Å². The molecule has 0 aliphatic carbocycles. The Morgan fingerprint density at radius 3 is 2.19 bits per heavy atom. The van der Waals surface area contributed by atoms with Crippen LogP contribution in [0.2, 0.25) is 0 Å². The Morgan fingerprint density at radius 2 is 1.57 bits per heavy atom. The van der Waals surface area contributed by atoms with Gasteiger partial charge in [-0.05, 0) is 76.3 Å². The lowest BCUT2D eigenvalue weighted by Gasteiger charge is -2.35. The number of benzene rings is 4. The molecule has 350 valence electrons. The number of allylic oxidation sites excluding steroid dienone is 1. The highest BCUT2D eigenvalue weighted by atomic mass is 32.1. The van der Waals surface area contributed by atoms with Crippen molar-refractivity contribution in [1.29, 1.82) is 0 Å². The molecule has 0 bridgehead atoms. The van der Waals surface area contributed by atoms with Crippen LogP contribution in [0.5, 0.6) is 5.75 Å². The molecule has 1 aliphatic rings. The largest absolute Gasteiger partial charge is 0.492 e. The van der Waals surface area contributed by atoms with Crippen molar-refractivity contribution < 1.29 is 29.0 Å². The van der Waals surface area contributed by atoms with Gasteiger partial charge >= 0.3 is 0 Å². The Hall–Kier alpha value is -6.55. The van der Waals surface area contributed by atoms with Crippen LogP contribution in [0.25, 0.3) is 21.6 Å². The number of aromatic nitrogens is 1. The molecule has 4 amide bonds. The number of β-amino-alcohol motifs (C(OH)–C–C–N with tert-alkyl or cyclic N) is 1. The van der Waals surface area contributed by atoms with Crippen LogP contribution in [0.4, 0.5) is 0 Å². The minimum absolute atomic E-state index is 0.0131. The fourth-order valence-electron chi connectivity index (χ4n) is 8.17. The normalized spacial score (nSPS) is 15.4. The number of ether oxygens (including phenoxy) is 1. The van der Waals surface area contributed by atoms with E-state index in [0.29, 0.717) is 32.4 Å². The van der Waals surface area contributed by atoms with Crippen molar-refractivity contribution in [2.24, 2.45) is 5.41 Å². The summed E-state index contributed by atoms with van der Waals surface area (Å²) in [6.07, 6.45) is 1.24. The van der Waals surface area contributed by atoms with E-state index in [0.717, 1.165) is 45.0 Å². The van der Waals surface area contributed by atoms with Crippen LogP contribution < -0.4 is 15.4 Å². The zero-order valence-corrected chi connectivity index (χ0v) is 40.3. The topological polar surface area (TPSA) is 141 Å². The van der Waals surface area contributed by atoms with E-state index in [1.807, 2.05) is 81.7 Å². The molecule has 2 heterocycles. The average Bonchev–Trinajstić information content (AvgIpc) is 3.95. The predicted octanol–water partition coefficient (Wildman–Crippen LogP) is 8.70. The van der Waals surface area contributed by atoms with Gasteiger partial charge in [-0.2, -0.15) is 0 Å². The van der Waals surface area contributed by atoms with Crippen molar-refractivity contribution in [3.05, 3.63) is 143 Å². The summed E-state index contributed by atoms with van der Waals surface area (Å²) < 4.78 is 6.05. The Labute approximate surface area is 399 Å². The Balaban J connectivity index is 0.926. The molecule has 3 N–H and O–H groups in total. The van der Waals surface area contributed by atoms with Crippen LogP contribution >= 0.6 is 11.3 Å². The van der Waals surface area contributed by atoms with Crippen LogP contribution in [0.1, 0.15) is 94.2 Å². The van der Waals surface area contributed by atoms with E-state index in [-0.39, 0.29) is 37.7 Å². The Morgan fingerprint density at radius 1 is 0.910 bits per heavy atom. The number of hydrogen-bond donors (Lipinski definition) is 3. The highest BCUT2D eigenvalue weighted by molar-refractivity contribution is 7.13.